The maximum Gasteiger partial charge on any atom is 0.216 e. The van der Waals surface area contributed by atoms with Crippen LogP contribution in [0.25, 0.3) is 11.0 Å². The van der Waals surface area contributed by atoms with E-state index >= 15 is 0 Å². The molecule has 1 fully saturated rings. The van der Waals surface area contributed by atoms with Crippen LogP contribution in [-0.2, 0) is 17.9 Å². The molecule has 0 aliphatic carbocycles. The number of nitrogens with one attached hydrogen (secondary N) is 1. The molecule has 2 aromatic heterocycles. The molecule has 0 spiro atoms. The molecule has 1 atom stereocenters. The van der Waals surface area contributed by atoms with E-state index in [4.69, 9.17) is 14.6 Å². The summed E-state index contributed by atoms with van der Waals surface area (Å²) in [5, 5.41) is 8.89. The molecule has 3 heterocycles. The lowest BCUT2D eigenvalue weighted by Gasteiger charge is -2.32. The number of carbonyl (C=O) groups excluding carboxylic acids is 1. The average molecular weight is 438 g/mol. The van der Waals surface area contributed by atoms with Crippen molar-refractivity contribution in [3.63, 3.8) is 0 Å². The number of ether oxygens (including phenoxy) is 2. The van der Waals surface area contributed by atoms with E-state index < -0.39 is 0 Å². The third-order valence-electron chi connectivity index (χ3n) is 5.98. The molecule has 170 valence electrons. The van der Waals surface area contributed by atoms with Gasteiger partial charge < -0.3 is 14.8 Å². The topological polar surface area (TPSA) is 81.5 Å². The number of pyridine rings is 1. The fraction of sp³-hybridized carbons (Fsp3) is 0.458. The SMILES string of the molecule is COc1ccc(CN2CCC[C@@H](c3nn(CCNC(C)=O)c4ncccc34)C2)cc1OC. The Labute approximate surface area is 188 Å². The van der Waals surface area contributed by atoms with Crippen LogP contribution in [0.3, 0.4) is 0 Å². The van der Waals surface area contributed by atoms with E-state index in [9.17, 15) is 4.79 Å². The van der Waals surface area contributed by atoms with Gasteiger partial charge in [0.15, 0.2) is 17.1 Å². The van der Waals surface area contributed by atoms with Crippen molar-refractivity contribution >= 4 is 16.9 Å². The maximum atomic E-state index is 11.2. The number of hydrogen-bond acceptors (Lipinski definition) is 6. The van der Waals surface area contributed by atoms with Crippen LogP contribution in [0, 0.1) is 0 Å². The second kappa shape index (κ2) is 9.99. The zero-order chi connectivity index (χ0) is 22.5. The normalized spacial score (nSPS) is 16.8. The zero-order valence-corrected chi connectivity index (χ0v) is 19.0. The summed E-state index contributed by atoms with van der Waals surface area (Å²) in [5.74, 6) is 1.82. The molecule has 0 radical (unpaired) electrons. The Balaban J connectivity index is 1.51. The number of fused-ring (bicyclic) bond motifs is 1. The molecule has 0 bridgehead atoms. The number of nitrogens with zero attached hydrogens (tertiary/aromatic N) is 4. The van der Waals surface area contributed by atoms with Gasteiger partial charge in [0.05, 0.1) is 26.5 Å². The number of aromatic nitrogens is 3. The molecule has 3 aromatic rings. The Morgan fingerprint density at radius 1 is 1.22 bits per heavy atom. The number of rotatable bonds is 8. The molecule has 0 saturated carbocycles. The van der Waals surface area contributed by atoms with Crippen LogP contribution in [0.2, 0.25) is 0 Å². The van der Waals surface area contributed by atoms with E-state index in [1.807, 2.05) is 16.8 Å². The molecule has 1 amide bonds. The maximum absolute atomic E-state index is 11.2. The molecule has 1 N–H and O–H groups in total. The van der Waals surface area contributed by atoms with Crippen molar-refractivity contribution in [2.24, 2.45) is 0 Å². The first kappa shape index (κ1) is 22.1. The van der Waals surface area contributed by atoms with Gasteiger partial charge in [-0.05, 0) is 49.2 Å². The van der Waals surface area contributed by atoms with Gasteiger partial charge in [-0.25, -0.2) is 9.67 Å². The Hall–Kier alpha value is -3.13. The van der Waals surface area contributed by atoms with E-state index in [-0.39, 0.29) is 5.91 Å². The highest BCUT2D eigenvalue weighted by molar-refractivity contribution is 5.79. The van der Waals surface area contributed by atoms with Crippen molar-refractivity contribution in [1.82, 2.24) is 25.0 Å². The van der Waals surface area contributed by atoms with Gasteiger partial charge in [-0.15, -0.1) is 0 Å². The van der Waals surface area contributed by atoms with E-state index in [1.54, 1.807) is 20.4 Å². The minimum Gasteiger partial charge on any atom is -0.493 e. The quantitative estimate of drug-likeness (QED) is 0.584. The minimum atomic E-state index is -0.0345. The molecule has 32 heavy (non-hydrogen) atoms. The molecule has 1 saturated heterocycles. The molecule has 1 aliphatic rings. The molecule has 8 nitrogen and oxygen atoms in total. The predicted octanol–water partition coefficient (Wildman–Crippen LogP) is 2.96. The lowest BCUT2D eigenvalue weighted by Crippen LogP contribution is -2.34. The molecule has 4 rings (SSSR count). The largest absolute Gasteiger partial charge is 0.493 e. The fourth-order valence-electron chi connectivity index (χ4n) is 4.49. The van der Waals surface area contributed by atoms with Crippen molar-refractivity contribution in [1.29, 1.82) is 0 Å². The smallest absolute Gasteiger partial charge is 0.216 e. The third kappa shape index (κ3) is 4.85. The van der Waals surface area contributed by atoms with Gasteiger partial charge in [-0.3, -0.25) is 9.69 Å². The van der Waals surface area contributed by atoms with Crippen LogP contribution in [0.5, 0.6) is 11.5 Å². The van der Waals surface area contributed by atoms with E-state index in [2.05, 4.69) is 33.4 Å². The highest BCUT2D eigenvalue weighted by atomic mass is 16.5. The second-order valence-electron chi connectivity index (χ2n) is 8.23. The Morgan fingerprint density at radius 2 is 2.06 bits per heavy atom. The molecule has 1 aliphatic heterocycles. The summed E-state index contributed by atoms with van der Waals surface area (Å²) in [6, 6.07) is 10.2. The fourth-order valence-corrected chi connectivity index (χ4v) is 4.49. The Morgan fingerprint density at radius 3 is 2.84 bits per heavy atom. The van der Waals surface area contributed by atoms with Crippen LogP contribution in [0.1, 0.15) is 36.9 Å². The monoisotopic (exact) mass is 437 g/mol. The average Bonchev–Trinajstić information content (AvgIpc) is 3.18. The number of likely N-dealkylation sites (tertiary alicyclic amines) is 1. The first-order valence-electron chi connectivity index (χ1n) is 11.1. The number of methoxy groups -OCH3 is 2. The first-order valence-corrected chi connectivity index (χ1v) is 11.1. The number of hydrogen-bond donors (Lipinski definition) is 1. The number of amides is 1. The highest BCUT2D eigenvalue weighted by Crippen LogP contribution is 2.33. The number of piperidine rings is 1. The lowest BCUT2D eigenvalue weighted by atomic mass is 9.93. The lowest BCUT2D eigenvalue weighted by molar-refractivity contribution is -0.118. The van der Waals surface area contributed by atoms with Gasteiger partial charge in [0.2, 0.25) is 5.91 Å². The van der Waals surface area contributed by atoms with Gasteiger partial charge in [0.25, 0.3) is 0 Å². The Kier molecular flexibility index (Phi) is 6.90. The van der Waals surface area contributed by atoms with Crippen LogP contribution in [0.4, 0.5) is 0 Å². The van der Waals surface area contributed by atoms with Crippen molar-refractivity contribution in [2.75, 3.05) is 33.9 Å². The molecule has 0 unspecified atom stereocenters. The summed E-state index contributed by atoms with van der Waals surface area (Å²) in [4.78, 5) is 18.3. The standard InChI is InChI=1S/C24H31N5O3/c1-17(30)25-11-13-29-24-20(7-4-10-26-24)23(27-29)19-6-5-12-28(16-19)15-18-8-9-21(31-2)22(14-18)32-3/h4,7-10,14,19H,5-6,11-13,15-16H2,1-3H3,(H,25,30)/t19-/m1/s1. The molecule has 8 heteroatoms. The number of carbonyl (C=O) groups is 1. The number of benzene rings is 1. The van der Waals surface area contributed by atoms with Crippen molar-refractivity contribution in [3.05, 3.63) is 47.8 Å². The second-order valence-corrected chi connectivity index (χ2v) is 8.23. The van der Waals surface area contributed by atoms with E-state index in [0.717, 1.165) is 60.7 Å². The molecular weight excluding hydrogens is 406 g/mol. The van der Waals surface area contributed by atoms with Crippen molar-refractivity contribution in [2.45, 2.75) is 38.8 Å². The van der Waals surface area contributed by atoms with E-state index in [0.29, 0.717) is 19.0 Å². The summed E-state index contributed by atoms with van der Waals surface area (Å²) in [5.41, 5.74) is 3.19. The van der Waals surface area contributed by atoms with Crippen molar-refractivity contribution in [3.8, 4) is 11.5 Å². The predicted molar refractivity (Wildman–Crippen MR) is 123 cm³/mol. The molecular formula is C24H31N5O3. The summed E-state index contributed by atoms with van der Waals surface area (Å²) in [6.45, 7) is 5.54. The van der Waals surface area contributed by atoms with Crippen LogP contribution in [0.15, 0.2) is 36.5 Å². The van der Waals surface area contributed by atoms with Crippen LogP contribution in [-0.4, -0.2) is 59.4 Å². The summed E-state index contributed by atoms with van der Waals surface area (Å²) < 4.78 is 12.8. The third-order valence-corrected chi connectivity index (χ3v) is 5.98. The summed E-state index contributed by atoms with van der Waals surface area (Å²) in [6.07, 6.45) is 4.03. The first-order chi connectivity index (χ1) is 15.6. The van der Waals surface area contributed by atoms with Gasteiger partial charge in [0.1, 0.15) is 0 Å². The van der Waals surface area contributed by atoms with Gasteiger partial charge >= 0.3 is 0 Å². The summed E-state index contributed by atoms with van der Waals surface area (Å²) >= 11 is 0. The van der Waals surface area contributed by atoms with Crippen LogP contribution < -0.4 is 14.8 Å². The summed E-state index contributed by atoms with van der Waals surface area (Å²) in [7, 11) is 3.32. The van der Waals surface area contributed by atoms with Gasteiger partial charge in [-0.1, -0.05) is 6.07 Å². The molecule has 1 aromatic carbocycles. The van der Waals surface area contributed by atoms with Gasteiger partial charge in [-0.2, -0.15) is 5.10 Å². The van der Waals surface area contributed by atoms with Gasteiger partial charge in [0, 0.05) is 44.1 Å². The van der Waals surface area contributed by atoms with Crippen molar-refractivity contribution < 1.29 is 14.3 Å². The highest BCUT2D eigenvalue weighted by Gasteiger charge is 2.26. The Bertz CT molecular complexity index is 1080. The van der Waals surface area contributed by atoms with Crippen LogP contribution >= 0.6 is 0 Å². The zero-order valence-electron chi connectivity index (χ0n) is 19.0. The minimum absolute atomic E-state index is 0.0345. The van der Waals surface area contributed by atoms with E-state index in [1.165, 1.54) is 12.5 Å².